The summed E-state index contributed by atoms with van der Waals surface area (Å²) >= 11 is 3.34. The molecular formula is C20H24BrN3O4S. The summed E-state index contributed by atoms with van der Waals surface area (Å²) in [7, 11) is -1.94. The maximum atomic E-state index is 12.8. The van der Waals surface area contributed by atoms with E-state index in [-0.39, 0.29) is 12.5 Å². The molecule has 7 nitrogen and oxygen atoms in total. The molecule has 0 radical (unpaired) electrons. The average Bonchev–Trinajstić information content (AvgIpc) is 2.72. The van der Waals surface area contributed by atoms with Gasteiger partial charge >= 0.3 is 0 Å². The van der Waals surface area contributed by atoms with Crippen molar-refractivity contribution < 1.29 is 17.9 Å². The summed E-state index contributed by atoms with van der Waals surface area (Å²) in [5.41, 5.74) is 1.46. The monoisotopic (exact) mass is 481 g/mol. The van der Waals surface area contributed by atoms with E-state index in [9.17, 15) is 13.2 Å². The van der Waals surface area contributed by atoms with Crippen LogP contribution in [-0.4, -0.2) is 65.3 Å². The number of rotatable bonds is 6. The van der Waals surface area contributed by atoms with E-state index in [1.807, 2.05) is 24.3 Å². The van der Waals surface area contributed by atoms with E-state index >= 15 is 0 Å². The van der Waals surface area contributed by atoms with Crippen LogP contribution in [0, 0.1) is 0 Å². The van der Waals surface area contributed by atoms with Crippen LogP contribution in [0.5, 0.6) is 5.75 Å². The van der Waals surface area contributed by atoms with Crippen molar-refractivity contribution in [1.29, 1.82) is 0 Å². The predicted molar refractivity (Wildman–Crippen MR) is 118 cm³/mol. The van der Waals surface area contributed by atoms with Gasteiger partial charge in [-0.2, -0.15) is 0 Å². The Morgan fingerprint density at radius 3 is 2.28 bits per heavy atom. The number of methoxy groups -OCH3 is 1. The molecule has 0 aliphatic carbocycles. The molecule has 29 heavy (non-hydrogen) atoms. The Balaban J connectivity index is 1.67. The van der Waals surface area contributed by atoms with E-state index in [0.717, 1.165) is 26.5 Å². The summed E-state index contributed by atoms with van der Waals surface area (Å²) in [6, 6.07) is 14.6. The van der Waals surface area contributed by atoms with Crippen molar-refractivity contribution in [2.45, 2.75) is 0 Å². The molecule has 0 aromatic heterocycles. The number of hydrogen-bond donors (Lipinski definition) is 0. The predicted octanol–water partition coefficient (Wildman–Crippen LogP) is 2.57. The number of para-hydroxylation sites is 2. The molecule has 0 atom stereocenters. The molecule has 1 aliphatic heterocycles. The second-order valence-electron chi connectivity index (χ2n) is 6.79. The first-order valence-electron chi connectivity index (χ1n) is 9.18. The third-order valence-corrected chi connectivity index (χ3v) is 6.52. The SMILES string of the molecule is COc1ccccc1N1CCN(C(=O)CN(c2ccc(Br)cc2)S(C)(=O)=O)CC1. The van der Waals surface area contributed by atoms with Gasteiger partial charge in [-0.15, -0.1) is 0 Å². The second-order valence-corrected chi connectivity index (χ2v) is 9.61. The first kappa shape index (κ1) is 21.4. The summed E-state index contributed by atoms with van der Waals surface area (Å²) in [5.74, 6) is 0.587. The van der Waals surface area contributed by atoms with Gasteiger partial charge in [0.15, 0.2) is 0 Å². The molecule has 3 rings (SSSR count). The number of ether oxygens (including phenoxy) is 1. The summed E-state index contributed by atoms with van der Waals surface area (Å²) in [4.78, 5) is 16.7. The highest BCUT2D eigenvalue weighted by Crippen LogP contribution is 2.28. The molecule has 156 valence electrons. The van der Waals surface area contributed by atoms with Crippen molar-refractivity contribution in [2.24, 2.45) is 0 Å². The number of hydrogen-bond acceptors (Lipinski definition) is 5. The zero-order valence-electron chi connectivity index (χ0n) is 16.4. The van der Waals surface area contributed by atoms with Crippen LogP contribution in [0.4, 0.5) is 11.4 Å². The summed E-state index contributed by atoms with van der Waals surface area (Å²) in [5, 5.41) is 0. The lowest BCUT2D eigenvalue weighted by atomic mass is 10.2. The van der Waals surface area contributed by atoms with Crippen molar-refractivity contribution in [2.75, 3.05) is 55.3 Å². The van der Waals surface area contributed by atoms with Gasteiger partial charge in [0.1, 0.15) is 12.3 Å². The molecule has 0 bridgehead atoms. The Hall–Kier alpha value is -2.26. The highest BCUT2D eigenvalue weighted by molar-refractivity contribution is 9.10. The van der Waals surface area contributed by atoms with Gasteiger partial charge in [0.2, 0.25) is 15.9 Å². The normalized spacial score (nSPS) is 14.6. The van der Waals surface area contributed by atoms with Crippen LogP contribution in [0.25, 0.3) is 0 Å². The standard InChI is InChI=1S/C20H24BrN3O4S/c1-28-19-6-4-3-5-18(19)22-11-13-23(14-12-22)20(25)15-24(29(2,26)27)17-9-7-16(21)8-10-17/h3-10H,11-15H2,1-2H3. The molecule has 1 fully saturated rings. The number of benzene rings is 2. The first-order chi connectivity index (χ1) is 13.8. The first-order valence-corrected chi connectivity index (χ1v) is 11.8. The van der Waals surface area contributed by atoms with Crippen molar-refractivity contribution >= 4 is 43.2 Å². The van der Waals surface area contributed by atoms with Crippen molar-refractivity contribution in [3.8, 4) is 5.75 Å². The van der Waals surface area contributed by atoms with Crippen molar-refractivity contribution in [1.82, 2.24) is 4.90 Å². The Bertz CT molecular complexity index is 958. The van der Waals surface area contributed by atoms with Gasteiger partial charge in [-0.25, -0.2) is 8.42 Å². The van der Waals surface area contributed by atoms with Gasteiger partial charge in [0, 0.05) is 30.7 Å². The third-order valence-electron chi connectivity index (χ3n) is 4.85. The van der Waals surface area contributed by atoms with Gasteiger partial charge < -0.3 is 14.5 Å². The maximum absolute atomic E-state index is 12.8. The number of halogens is 1. The van der Waals surface area contributed by atoms with Crippen LogP contribution in [0.15, 0.2) is 53.0 Å². The topological polar surface area (TPSA) is 70.2 Å². The van der Waals surface area contributed by atoms with E-state index in [0.29, 0.717) is 31.9 Å². The highest BCUT2D eigenvalue weighted by Gasteiger charge is 2.27. The van der Waals surface area contributed by atoms with Crippen molar-refractivity contribution in [3.05, 3.63) is 53.0 Å². The lowest BCUT2D eigenvalue weighted by Crippen LogP contribution is -2.52. The van der Waals surface area contributed by atoms with Crippen LogP contribution in [0.3, 0.4) is 0 Å². The number of anilines is 2. The zero-order chi connectivity index (χ0) is 21.0. The molecule has 9 heteroatoms. The summed E-state index contributed by atoms with van der Waals surface area (Å²) < 4.78 is 31.9. The highest BCUT2D eigenvalue weighted by atomic mass is 79.9. The summed E-state index contributed by atoms with van der Waals surface area (Å²) in [6.45, 7) is 2.14. The fourth-order valence-electron chi connectivity index (χ4n) is 3.32. The van der Waals surface area contributed by atoms with Gasteiger partial charge in [-0.3, -0.25) is 9.10 Å². The molecule has 0 spiro atoms. The summed E-state index contributed by atoms with van der Waals surface area (Å²) in [6.07, 6.45) is 1.11. The van der Waals surface area contributed by atoms with E-state index in [1.165, 1.54) is 0 Å². The lowest BCUT2D eigenvalue weighted by molar-refractivity contribution is -0.129. The molecular weight excluding hydrogens is 458 g/mol. The molecule has 1 aliphatic rings. The lowest BCUT2D eigenvalue weighted by Gasteiger charge is -2.37. The number of nitrogens with zero attached hydrogens (tertiary/aromatic N) is 3. The minimum absolute atomic E-state index is 0.210. The number of carbonyl (C=O) groups excluding carboxylic acids is 1. The Labute approximate surface area is 180 Å². The number of carbonyl (C=O) groups is 1. The van der Waals surface area contributed by atoms with Crippen LogP contribution in [0.2, 0.25) is 0 Å². The van der Waals surface area contributed by atoms with Gasteiger partial charge in [-0.05, 0) is 36.4 Å². The molecule has 1 saturated heterocycles. The van der Waals surface area contributed by atoms with Crippen LogP contribution >= 0.6 is 15.9 Å². The molecule has 1 heterocycles. The quantitative estimate of drug-likeness (QED) is 0.633. The van der Waals surface area contributed by atoms with E-state index in [2.05, 4.69) is 20.8 Å². The van der Waals surface area contributed by atoms with Crippen LogP contribution in [0.1, 0.15) is 0 Å². The van der Waals surface area contributed by atoms with Crippen LogP contribution < -0.4 is 13.9 Å². The van der Waals surface area contributed by atoms with Crippen LogP contribution in [-0.2, 0) is 14.8 Å². The Morgan fingerprint density at radius 2 is 1.69 bits per heavy atom. The van der Waals surface area contributed by atoms with Gasteiger partial charge in [-0.1, -0.05) is 28.1 Å². The number of amides is 1. The fraction of sp³-hybridized carbons (Fsp3) is 0.350. The fourth-order valence-corrected chi connectivity index (χ4v) is 4.43. The second kappa shape index (κ2) is 9.04. The van der Waals surface area contributed by atoms with E-state index in [1.54, 1.807) is 36.3 Å². The minimum Gasteiger partial charge on any atom is -0.495 e. The molecule has 2 aromatic rings. The third kappa shape index (κ3) is 5.22. The van der Waals surface area contributed by atoms with Gasteiger partial charge in [0.25, 0.3) is 0 Å². The largest absolute Gasteiger partial charge is 0.495 e. The molecule has 1 amide bonds. The zero-order valence-corrected chi connectivity index (χ0v) is 18.8. The number of piperazine rings is 1. The number of sulfonamides is 1. The smallest absolute Gasteiger partial charge is 0.243 e. The van der Waals surface area contributed by atoms with E-state index in [4.69, 9.17) is 4.74 Å². The average molecular weight is 482 g/mol. The molecule has 0 saturated carbocycles. The Kier molecular flexibility index (Phi) is 6.69. The molecule has 0 unspecified atom stereocenters. The Morgan fingerprint density at radius 1 is 1.07 bits per heavy atom. The maximum Gasteiger partial charge on any atom is 0.243 e. The molecule has 2 aromatic carbocycles. The van der Waals surface area contributed by atoms with Crippen molar-refractivity contribution in [3.63, 3.8) is 0 Å². The molecule has 0 N–H and O–H groups in total. The van der Waals surface area contributed by atoms with Gasteiger partial charge in [0.05, 0.1) is 24.7 Å². The minimum atomic E-state index is -3.58. The van der Waals surface area contributed by atoms with E-state index < -0.39 is 10.0 Å².